The number of nitrogens with two attached hydrogens (primary N) is 1. The Hall–Kier alpha value is -2.61. The minimum absolute atomic E-state index is 0.0945. The number of primary amides is 1. The lowest BCUT2D eigenvalue weighted by Crippen LogP contribution is -2.23. The Balaban J connectivity index is 2.03. The lowest BCUT2D eigenvalue weighted by atomic mass is 9.85. The van der Waals surface area contributed by atoms with Crippen molar-refractivity contribution in [2.24, 2.45) is 5.73 Å². The van der Waals surface area contributed by atoms with Crippen molar-refractivity contribution in [1.29, 1.82) is 0 Å². The van der Waals surface area contributed by atoms with Crippen molar-refractivity contribution in [3.63, 3.8) is 0 Å². The zero-order valence-electron chi connectivity index (χ0n) is 12.0. The normalized spacial score (nSPS) is 16.6. The molecule has 2 aromatic rings. The van der Waals surface area contributed by atoms with E-state index in [1.54, 1.807) is 6.07 Å². The van der Waals surface area contributed by atoms with E-state index in [2.05, 4.69) is 5.32 Å². The van der Waals surface area contributed by atoms with Crippen LogP contribution in [0, 0.1) is 0 Å². The second-order valence-electron chi connectivity index (χ2n) is 5.22. The van der Waals surface area contributed by atoms with Crippen LogP contribution in [0.2, 0.25) is 0 Å². The first-order valence-corrected chi connectivity index (χ1v) is 7.83. The predicted molar refractivity (Wildman–Crippen MR) is 82.8 cm³/mol. The van der Waals surface area contributed by atoms with E-state index in [0.717, 1.165) is 4.88 Å². The van der Waals surface area contributed by atoms with Crippen LogP contribution in [0.4, 0.5) is 5.00 Å². The Morgan fingerprint density at radius 3 is 2.78 bits per heavy atom. The molecule has 1 aliphatic rings. The van der Waals surface area contributed by atoms with Crippen LogP contribution < -0.4 is 11.1 Å². The van der Waals surface area contributed by atoms with E-state index in [1.165, 1.54) is 23.7 Å². The summed E-state index contributed by atoms with van der Waals surface area (Å²) in [7, 11) is 0. The highest BCUT2D eigenvalue weighted by Crippen LogP contribution is 2.43. The lowest BCUT2D eigenvalue weighted by Gasteiger charge is -2.19. The average Bonchev–Trinajstić information content (AvgIpc) is 3.13. The molecule has 2 heterocycles. The topological polar surface area (TPSA) is 123 Å². The molecular formula is C15H14N2O5S. The van der Waals surface area contributed by atoms with Crippen molar-refractivity contribution < 1.29 is 23.9 Å². The van der Waals surface area contributed by atoms with E-state index >= 15 is 0 Å². The molecule has 4 N–H and O–H groups in total. The number of carbonyl (C=O) groups excluding carboxylic acids is 2. The van der Waals surface area contributed by atoms with Gasteiger partial charge in [-0.25, -0.2) is 0 Å². The highest BCUT2D eigenvalue weighted by molar-refractivity contribution is 7.17. The van der Waals surface area contributed by atoms with Crippen molar-refractivity contribution in [2.75, 3.05) is 5.32 Å². The maximum Gasteiger partial charge on any atom is 0.311 e. The average molecular weight is 334 g/mol. The fourth-order valence-corrected chi connectivity index (χ4v) is 4.11. The summed E-state index contributed by atoms with van der Waals surface area (Å²) in [5, 5.41) is 12.3. The number of carboxylic acids is 1. The molecule has 3 rings (SSSR count). The van der Waals surface area contributed by atoms with Gasteiger partial charge in [0.25, 0.3) is 11.8 Å². The summed E-state index contributed by atoms with van der Waals surface area (Å²) in [5.41, 5.74) is 5.98. The number of amides is 2. The molecule has 1 unspecified atom stereocenters. The standard InChI is InChI=1S/C15H14N2O5S/c16-12(18)11-10-7(15(20)21)3-1-5-9(10)23-14(11)17-13(19)8-4-2-6-22-8/h2,4,6-7H,1,3,5H2,(H2,16,18)(H,17,19)(H,20,21). The fraction of sp³-hybridized carbons (Fsp3) is 0.267. The van der Waals surface area contributed by atoms with Crippen LogP contribution in [0.5, 0.6) is 0 Å². The minimum Gasteiger partial charge on any atom is -0.481 e. The van der Waals surface area contributed by atoms with E-state index in [-0.39, 0.29) is 16.3 Å². The third kappa shape index (κ3) is 2.72. The van der Waals surface area contributed by atoms with Crippen molar-refractivity contribution in [3.8, 4) is 0 Å². The van der Waals surface area contributed by atoms with Gasteiger partial charge in [-0.05, 0) is 37.0 Å². The van der Waals surface area contributed by atoms with E-state index in [1.807, 2.05) is 0 Å². The molecule has 0 radical (unpaired) electrons. The van der Waals surface area contributed by atoms with E-state index < -0.39 is 23.7 Å². The first-order valence-electron chi connectivity index (χ1n) is 7.02. The van der Waals surface area contributed by atoms with Gasteiger partial charge in [0.15, 0.2) is 5.76 Å². The fourth-order valence-electron chi connectivity index (χ4n) is 2.81. The highest BCUT2D eigenvalue weighted by Gasteiger charge is 2.34. The Labute approximate surface area is 135 Å². The zero-order valence-corrected chi connectivity index (χ0v) is 12.8. The minimum atomic E-state index is -0.991. The molecule has 7 nitrogen and oxygen atoms in total. The molecule has 0 aliphatic heterocycles. The van der Waals surface area contributed by atoms with Crippen molar-refractivity contribution in [1.82, 2.24) is 0 Å². The molecule has 1 aliphatic carbocycles. The van der Waals surface area contributed by atoms with Crippen LogP contribution in [-0.2, 0) is 11.2 Å². The number of aryl methyl sites for hydroxylation is 1. The highest BCUT2D eigenvalue weighted by atomic mass is 32.1. The molecule has 0 fully saturated rings. The largest absolute Gasteiger partial charge is 0.481 e. The Bertz CT molecular complexity index is 778. The van der Waals surface area contributed by atoms with Gasteiger partial charge in [0.2, 0.25) is 0 Å². The molecular weight excluding hydrogens is 320 g/mol. The van der Waals surface area contributed by atoms with Gasteiger partial charge in [0.05, 0.1) is 17.7 Å². The molecule has 0 spiro atoms. The van der Waals surface area contributed by atoms with E-state index in [9.17, 15) is 19.5 Å². The summed E-state index contributed by atoms with van der Waals surface area (Å²) < 4.78 is 5.01. The van der Waals surface area contributed by atoms with Gasteiger partial charge >= 0.3 is 5.97 Å². The van der Waals surface area contributed by atoms with Crippen LogP contribution in [-0.4, -0.2) is 22.9 Å². The molecule has 2 amide bonds. The number of fused-ring (bicyclic) bond motifs is 1. The number of aliphatic carboxylic acids is 1. The molecule has 0 saturated heterocycles. The van der Waals surface area contributed by atoms with Gasteiger partial charge in [-0.1, -0.05) is 0 Å². The number of carbonyl (C=O) groups is 3. The number of anilines is 1. The second kappa shape index (κ2) is 5.88. The van der Waals surface area contributed by atoms with Gasteiger partial charge < -0.3 is 20.6 Å². The third-order valence-corrected chi connectivity index (χ3v) is 4.96. The van der Waals surface area contributed by atoms with Crippen LogP contribution in [0.15, 0.2) is 22.8 Å². The number of thiophene rings is 1. The number of furan rings is 1. The van der Waals surface area contributed by atoms with Crippen LogP contribution >= 0.6 is 11.3 Å². The summed E-state index contributed by atoms with van der Waals surface area (Å²) in [5.74, 6) is -2.92. The maximum atomic E-state index is 12.1. The SMILES string of the molecule is NC(=O)c1c(NC(=O)c2ccco2)sc2c1C(C(=O)O)CCC2. The predicted octanol–water partition coefficient (Wildman–Crippen LogP) is 2.20. The summed E-state index contributed by atoms with van der Waals surface area (Å²) in [6, 6.07) is 3.07. The maximum absolute atomic E-state index is 12.1. The molecule has 23 heavy (non-hydrogen) atoms. The molecule has 8 heteroatoms. The lowest BCUT2D eigenvalue weighted by molar-refractivity contribution is -0.139. The number of hydrogen-bond donors (Lipinski definition) is 3. The molecule has 0 aromatic carbocycles. The number of hydrogen-bond acceptors (Lipinski definition) is 5. The Morgan fingerprint density at radius 1 is 1.39 bits per heavy atom. The Morgan fingerprint density at radius 2 is 2.17 bits per heavy atom. The molecule has 0 saturated carbocycles. The summed E-state index contributed by atoms with van der Waals surface area (Å²) in [6.07, 6.45) is 3.20. The molecule has 120 valence electrons. The molecule has 2 aromatic heterocycles. The number of carboxylic acid groups (broad SMARTS) is 1. The smallest absolute Gasteiger partial charge is 0.311 e. The number of rotatable bonds is 4. The van der Waals surface area contributed by atoms with E-state index in [0.29, 0.717) is 24.8 Å². The van der Waals surface area contributed by atoms with Crippen LogP contribution in [0.3, 0.4) is 0 Å². The van der Waals surface area contributed by atoms with Crippen molar-refractivity contribution in [3.05, 3.63) is 40.2 Å². The van der Waals surface area contributed by atoms with Crippen molar-refractivity contribution in [2.45, 2.75) is 25.2 Å². The number of nitrogens with one attached hydrogen (secondary N) is 1. The van der Waals surface area contributed by atoms with E-state index in [4.69, 9.17) is 10.2 Å². The van der Waals surface area contributed by atoms with Gasteiger partial charge in [0.1, 0.15) is 5.00 Å². The summed E-state index contributed by atoms with van der Waals surface area (Å²) in [4.78, 5) is 36.2. The van der Waals surface area contributed by atoms with Gasteiger partial charge in [-0.2, -0.15) is 0 Å². The van der Waals surface area contributed by atoms with Crippen LogP contribution in [0.1, 0.15) is 50.1 Å². The third-order valence-electron chi connectivity index (χ3n) is 3.78. The van der Waals surface area contributed by atoms with Crippen LogP contribution in [0.25, 0.3) is 0 Å². The first-order chi connectivity index (χ1) is 11.0. The van der Waals surface area contributed by atoms with Crippen molar-refractivity contribution >= 4 is 34.1 Å². The quantitative estimate of drug-likeness (QED) is 0.791. The van der Waals surface area contributed by atoms with Gasteiger partial charge in [0, 0.05) is 4.88 Å². The summed E-state index contributed by atoms with van der Waals surface area (Å²) >= 11 is 1.20. The molecule has 0 bridgehead atoms. The summed E-state index contributed by atoms with van der Waals surface area (Å²) in [6.45, 7) is 0. The second-order valence-corrected chi connectivity index (χ2v) is 6.33. The first kappa shape index (κ1) is 15.3. The monoisotopic (exact) mass is 334 g/mol. The Kier molecular flexibility index (Phi) is 3.91. The molecule has 1 atom stereocenters. The van der Waals surface area contributed by atoms with Gasteiger partial charge in [-0.3, -0.25) is 14.4 Å². The van der Waals surface area contributed by atoms with Gasteiger partial charge in [-0.15, -0.1) is 11.3 Å². The zero-order chi connectivity index (χ0) is 16.6.